The van der Waals surface area contributed by atoms with Crippen molar-refractivity contribution in [2.75, 3.05) is 25.0 Å². The molecule has 2 heterocycles. The number of nitrogens with zero attached hydrogens (tertiary/aromatic N) is 2. The molecule has 1 aromatic rings. The van der Waals surface area contributed by atoms with Crippen molar-refractivity contribution in [3.05, 3.63) is 23.5 Å². The van der Waals surface area contributed by atoms with Crippen LogP contribution < -0.4 is 5.32 Å². The maximum absolute atomic E-state index is 12.7. The third-order valence-electron chi connectivity index (χ3n) is 3.94. The van der Waals surface area contributed by atoms with Gasteiger partial charge in [-0.1, -0.05) is 6.92 Å². The first-order chi connectivity index (χ1) is 9.61. The highest BCUT2D eigenvalue weighted by Crippen LogP contribution is 2.22. The summed E-state index contributed by atoms with van der Waals surface area (Å²) < 4.78 is 0. The van der Waals surface area contributed by atoms with Crippen LogP contribution in [0.1, 0.15) is 49.2 Å². The minimum absolute atomic E-state index is 0.113. The van der Waals surface area contributed by atoms with Crippen LogP contribution >= 0.6 is 0 Å². The molecule has 1 aliphatic rings. The maximum atomic E-state index is 12.7. The van der Waals surface area contributed by atoms with E-state index in [1.165, 1.54) is 6.42 Å². The van der Waals surface area contributed by atoms with Gasteiger partial charge in [0.2, 0.25) is 0 Å². The van der Waals surface area contributed by atoms with Gasteiger partial charge in [-0.2, -0.15) is 0 Å². The lowest BCUT2D eigenvalue weighted by atomic mass is 10.0. The van der Waals surface area contributed by atoms with E-state index < -0.39 is 0 Å². The quantitative estimate of drug-likeness (QED) is 0.922. The van der Waals surface area contributed by atoms with Crippen LogP contribution in [0.15, 0.2) is 12.3 Å². The fourth-order valence-electron chi connectivity index (χ4n) is 2.70. The second-order valence-electron chi connectivity index (χ2n) is 5.73. The number of rotatable bonds is 3. The van der Waals surface area contributed by atoms with Gasteiger partial charge in [0, 0.05) is 31.5 Å². The van der Waals surface area contributed by atoms with Crippen LogP contribution in [0, 0.1) is 12.8 Å². The molecule has 0 saturated carbocycles. The maximum Gasteiger partial charge on any atom is 0.257 e. The Morgan fingerprint density at radius 2 is 2.25 bits per heavy atom. The lowest BCUT2D eigenvalue weighted by Crippen LogP contribution is -2.32. The summed E-state index contributed by atoms with van der Waals surface area (Å²) in [5, 5.41) is 3.27. The Balaban J connectivity index is 2.19. The number of hydrogen-bond acceptors (Lipinski definition) is 3. The summed E-state index contributed by atoms with van der Waals surface area (Å²) in [6.07, 6.45) is 5.13. The second kappa shape index (κ2) is 6.73. The summed E-state index contributed by atoms with van der Waals surface area (Å²) in [5.74, 6) is 0.833. The molecule has 2 rings (SSSR count). The highest BCUT2D eigenvalue weighted by atomic mass is 16.2. The van der Waals surface area contributed by atoms with Gasteiger partial charge in [-0.3, -0.25) is 9.78 Å². The molecule has 4 nitrogen and oxygen atoms in total. The predicted octanol–water partition coefficient (Wildman–Crippen LogP) is 3.08. The van der Waals surface area contributed by atoms with Gasteiger partial charge in [0.15, 0.2) is 0 Å². The third kappa shape index (κ3) is 3.50. The van der Waals surface area contributed by atoms with Crippen molar-refractivity contribution in [2.24, 2.45) is 5.92 Å². The Bertz CT molecular complexity index is 473. The first-order valence-corrected chi connectivity index (χ1v) is 7.61. The zero-order valence-corrected chi connectivity index (χ0v) is 12.8. The van der Waals surface area contributed by atoms with Crippen molar-refractivity contribution in [1.82, 2.24) is 9.88 Å². The summed E-state index contributed by atoms with van der Waals surface area (Å²) in [6, 6.07) is 1.96. The number of aromatic nitrogens is 1. The van der Waals surface area contributed by atoms with Crippen LogP contribution in [0.5, 0.6) is 0 Å². The second-order valence-corrected chi connectivity index (χ2v) is 5.73. The molecule has 1 amide bonds. The molecule has 1 aromatic heterocycles. The Kier molecular flexibility index (Phi) is 4.99. The molecule has 110 valence electrons. The molecule has 0 bridgehead atoms. The molecule has 1 saturated heterocycles. The molecular formula is C16H25N3O. The largest absolute Gasteiger partial charge is 0.385 e. The molecule has 0 aromatic carbocycles. The van der Waals surface area contributed by atoms with E-state index in [1.54, 1.807) is 6.20 Å². The van der Waals surface area contributed by atoms with Crippen molar-refractivity contribution in [2.45, 2.75) is 40.0 Å². The number of anilines is 1. The van der Waals surface area contributed by atoms with Crippen molar-refractivity contribution < 1.29 is 4.79 Å². The zero-order chi connectivity index (χ0) is 14.5. The zero-order valence-electron chi connectivity index (χ0n) is 12.8. The van der Waals surface area contributed by atoms with Crippen LogP contribution in [0.3, 0.4) is 0 Å². The topological polar surface area (TPSA) is 45.2 Å². The first kappa shape index (κ1) is 14.8. The number of hydrogen-bond donors (Lipinski definition) is 1. The van der Waals surface area contributed by atoms with Gasteiger partial charge in [0.05, 0.1) is 11.3 Å². The monoisotopic (exact) mass is 275 g/mol. The Labute approximate surface area is 121 Å². The van der Waals surface area contributed by atoms with E-state index in [0.29, 0.717) is 5.56 Å². The van der Waals surface area contributed by atoms with Crippen molar-refractivity contribution in [3.63, 3.8) is 0 Å². The summed E-state index contributed by atoms with van der Waals surface area (Å²) >= 11 is 0. The Morgan fingerprint density at radius 1 is 1.45 bits per heavy atom. The highest BCUT2D eigenvalue weighted by molar-refractivity contribution is 5.99. The lowest BCUT2D eigenvalue weighted by Gasteiger charge is -2.22. The van der Waals surface area contributed by atoms with E-state index in [9.17, 15) is 4.79 Å². The molecule has 1 fully saturated rings. The molecule has 0 radical (unpaired) electrons. The van der Waals surface area contributed by atoms with Crippen molar-refractivity contribution >= 4 is 11.6 Å². The SMILES string of the molecule is CCNc1cc(C)ncc1C(=O)N1CCCC(C)CC1. The van der Waals surface area contributed by atoms with Crippen LogP contribution in [0.25, 0.3) is 0 Å². The van der Waals surface area contributed by atoms with E-state index in [2.05, 4.69) is 17.2 Å². The minimum Gasteiger partial charge on any atom is -0.385 e. The molecule has 4 heteroatoms. The van der Waals surface area contributed by atoms with Crippen LogP contribution in [-0.2, 0) is 0 Å². The summed E-state index contributed by atoms with van der Waals surface area (Å²) in [5.41, 5.74) is 2.54. The molecular weight excluding hydrogens is 250 g/mol. The number of likely N-dealkylation sites (tertiary alicyclic amines) is 1. The first-order valence-electron chi connectivity index (χ1n) is 7.61. The standard InChI is InChI=1S/C16H25N3O/c1-4-17-15-10-13(3)18-11-14(15)16(20)19-8-5-6-12(2)7-9-19/h10-12H,4-9H2,1-3H3,(H,17,18). The van der Waals surface area contributed by atoms with E-state index in [4.69, 9.17) is 0 Å². The number of pyridine rings is 1. The molecule has 20 heavy (non-hydrogen) atoms. The van der Waals surface area contributed by atoms with Crippen molar-refractivity contribution in [1.29, 1.82) is 0 Å². The third-order valence-corrected chi connectivity index (χ3v) is 3.94. The average molecular weight is 275 g/mol. The number of carbonyl (C=O) groups is 1. The van der Waals surface area contributed by atoms with Gasteiger partial charge in [-0.25, -0.2) is 0 Å². The Morgan fingerprint density at radius 3 is 3.00 bits per heavy atom. The van der Waals surface area contributed by atoms with E-state index >= 15 is 0 Å². The Hall–Kier alpha value is -1.58. The van der Waals surface area contributed by atoms with Crippen LogP contribution in [-0.4, -0.2) is 35.4 Å². The van der Waals surface area contributed by atoms with Gasteiger partial charge in [-0.05, 0) is 45.1 Å². The fourth-order valence-corrected chi connectivity index (χ4v) is 2.70. The van der Waals surface area contributed by atoms with Crippen LogP contribution in [0.2, 0.25) is 0 Å². The molecule has 0 aliphatic carbocycles. The number of aryl methyl sites for hydroxylation is 1. The van der Waals surface area contributed by atoms with Gasteiger partial charge >= 0.3 is 0 Å². The highest BCUT2D eigenvalue weighted by Gasteiger charge is 2.22. The number of carbonyl (C=O) groups excluding carboxylic acids is 1. The van der Waals surface area contributed by atoms with E-state index in [1.807, 2.05) is 24.8 Å². The van der Waals surface area contributed by atoms with Gasteiger partial charge in [0.25, 0.3) is 5.91 Å². The van der Waals surface area contributed by atoms with E-state index in [-0.39, 0.29) is 5.91 Å². The smallest absolute Gasteiger partial charge is 0.257 e. The average Bonchev–Trinajstić information content (AvgIpc) is 2.63. The molecule has 0 spiro atoms. The van der Waals surface area contributed by atoms with Crippen LogP contribution in [0.4, 0.5) is 5.69 Å². The molecule has 1 aliphatic heterocycles. The van der Waals surface area contributed by atoms with E-state index in [0.717, 1.165) is 49.8 Å². The van der Waals surface area contributed by atoms with Gasteiger partial charge < -0.3 is 10.2 Å². The minimum atomic E-state index is 0.113. The predicted molar refractivity (Wildman–Crippen MR) is 82.1 cm³/mol. The van der Waals surface area contributed by atoms with Crippen molar-refractivity contribution in [3.8, 4) is 0 Å². The molecule has 1 unspecified atom stereocenters. The molecule has 1 N–H and O–H groups in total. The number of nitrogens with one attached hydrogen (secondary N) is 1. The summed E-state index contributed by atoms with van der Waals surface area (Å²) in [4.78, 5) is 19.0. The lowest BCUT2D eigenvalue weighted by molar-refractivity contribution is 0.0761. The molecule has 1 atom stereocenters. The fraction of sp³-hybridized carbons (Fsp3) is 0.625. The summed E-state index contributed by atoms with van der Waals surface area (Å²) in [7, 11) is 0. The van der Waals surface area contributed by atoms with Gasteiger partial charge in [-0.15, -0.1) is 0 Å². The summed E-state index contributed by atoms with van der Waals surface area (Å²) in [6.45, 7) is 8.79. The van der Waals surface area contributed by atoms with Gasteiger partial charge in [0.1, 0.15) is 0 Å². The normalized spacial score (nSPS) is 19.6. The number of amides is 1.